The number of ether oxygens (including phenoxy) is 1. The monoisotopic (exact) mass is 381 g/mol. The Labute approximate surface area is 145 Å². The molecule has 4 atom stereocenters. The molecule has 5 heteroatoms. The van der Waals surface area contributed by atoms with Crippen molar-refractivity contribution in [2.45, 2.75) is 45.8 Å². The summed E-state index contributed by atoms with van der Waals surface area (Å²) in [6.07, 6.45) is 1.33. The van der Waals surface area contributed by atoms with Crippen molar-refractivity contribution >= 4 is 22.0 Å². The molecule has 1 aliphatic carbocycles. The fraction of sp³-hybridized carbons (Fsp3) is 0.611. The minimum Gasteiger partial charge on any atom is -0.490 e. The fourth-order valence-corrected chi connectivity index (χ4v) is 4.82. The van der Waals surface area contributed by atoms with E-state index in [4.69, 9.17) is 4.74 Å². The minimum atomic E-state index is -0.805. The highest BCUT2D eigenvalue weighted by molar-refractivity contribution is 9.10. The van der Waals surface area contributed by atoms with Gasteiger partial charge in [0.05, 0.1) is 0 Å². The van der Waals surface area contributed by atoms with Gasteiger partial charge >= 0.3 is 6.09 Å². The highest BCUT2D eigenvalue weighted by atomic mass is 79.9. The molecular formula is C18H24BrNO3. The summed E-state index contributed by atoms with van der Waals surface area (Å²) in [7, 11) is 0. The Balaban J connectivity index is 1.80. The standard InChI is InChI=1S/C18H24BrNO3/c1-18(2,3)16-13-7-8-15(14(13)10-20(16)17(21)22)23-12-6-4-5-11(19)9-12/h4-6,9,13-16H,7-8,10H2,1-3H3,(H,21,22)/t13-,14-,15+,16?/m0/s1. The third-order valence-electron chi connectivity index (χ3n) is 5.18. The lowest BCUT2D eigenvalue weighted by Crippen LogP contribution is -2.45. The number of carbonyl (C=O) groups is 1. The van der Waals surface area contributed by atoms with Gasteiger partial charge in [-0.15, -0.1) is 0 Å². The molecule has 1 saturated heterocycles. The van der Waals surface area contributed by atoms with Gasteiger partial charge in [-0.25, -0.2) is 4.79 Å². The Morgan fingerprint density at radius 1 is 1.30 bits per heavy atom. The van der Waals surface area contributed by atoms with Crippen LogP contribution in [0.4, 0.5) is 4.79 Å². The first-order valence-electron chi connectivity index (χ1n) is 8.19. The highest BCUT2D eigenvalue weighted by Crippen LogP contribution is 2.49. The molecule has 1 amide bonds. The van der Waals surface area contributed by atoms with E-state index < -0.39 is 6.09 Å². The van der Waals surface area contributed by atoms with E-state index in [1.165, 1.54) is 0 Å². The quantitative estimate of drug-likeness (QED) is 0.811. The number of rotatable bonds is 2. The van der Waals surface area contributed by atoms with E-state index in [9.17, 15) is 9.90 Å². The molecule has 1 aliphatic heterocycles. The first-order valence-corrected chi connectivity index (χ1v) is 8.98. The summed E-state index contributed by atoms with van der Waals surface area (Å²) < 4.78 is 7.21. The number of carboxylic acid groups (broad SMARTS) is 1. The van der Waals surface area contributed by atoms with E-state index in [1.807, 2.05) is 24.3 Å². The molecule has 2 aliphatic rings. The van der Waals surface area contributed by atoms with Crippen LogP contribution in [0.15, 0.2) is 28.7 Å². The molecule has 1 unspecified atom stereocenters. The average molecular weight is 382 g/mol. The van der Waals surface area contributed by atoms with Crippen LogP contribution in [0.2, 0.25) is 0 Å². The molecule has 0 spiro atoms. The van der Waals surface area contributed by atoms with Crippen LogP contribution in [0.1, 0.15) is 33.6 Å². The van der Waals surface area contributed by atoms with E-state index in [2.05, 4.69) is 36.7 Å². The predicted molar refractivity (Wildman–Crippen MR) is 92.7 cm³/mol. The Hall–Kier alpha value is -1.23. The summed E-state index contributed by atoms with van der Waals surface area (Å²) >= 11 is 3.47. The number of amides is 1. The van der Waals surface area contributed by atoms with Crippen molar-refractivity contribution in [3.05, 3.63) is 28.7 Å². The molecular weight excluding hydrogens is 358 g/mol. The Morgan fingerprint density at radius 3 is 2.65 bits per heavy atom. The molecule has 0 bridgehead atoms. The fourth-order valence-electron chi connectivity index (χ4n) is 4.45. The van der Waals surface area contributed by atoms with Gasteiger partial charge in [0.1, 0.15) is 11.9 Å². The Bertz CT molecular complexity index is 598. The molecule has 1 heterocycles. The number of halogens is 1. The first kappa shape index (κ1) is 16.6. The second kappa shape index (κ2) is 6.00. The van der Waals surface area contributed by atoms with E-state index >= 15 is 0 Å². The molecule has 23 heavy (non-hydrogen) atoms. The number of nitrogens with zero attached hydrogens (tertiary/aromatic N) is 1. The van der Waals surface area contributed by atoms with E-state index in [-0.39, 0.29) is 23.5 Å². The number of benzene rings is 1. The zero-order valence-corrected chi connectivity index (χ0v) is 15.4. The second-order valence-electron chi connectivity index (χ2n) is 7.76. The van der Waals surface area contributed by atoms with Gasteiger partial charge in [0, 0.05) is 23.0 Å². The van der Waals surface area contributed by atoms with Crippen LogP contribution >= 0.6 is 15.9 Å². The van der Waals surface area contributed by atoms with Gasteiger partial charge in [0.2, 0.25) is 0 Å². The van der Waals surface area contributed by atoms with Crippen LogP contribution in [0.5, 0.6) is 5.75 Å². The third kappa shape index (κ3) is 3.21. The van der Waals surface area contributed by atoms with Crippen molar-refractivity contribution in [1.82, 2.24) is 4.90 Å². The molecule has 1 aromatic carbocycles. The van der Waals surface area contributed by atoms with Gasteiger partial charge in [-0.2, -0.15) is 0 Å². The van der Waals surface area contributed by atoms with Gasteiger partial charge < -0.3 is 14.7 Å². The maximum atomic E-state index is 11.7. The van der Waals surface area contributed by atoms with Gasteiger partial charge in [-0.05, 0) is 42.4 Å². The zero-order chi connectivity index (χ0) is 16.8. The summed E-state index contributed by atoms with van der Waals surface area (Å²) in [6.45, 7) is 7.00. The highest BCUT2D eigenvalue weighted by Gasteiger charge is 2.54. The zero-order valence-electron chi connectivity index (χ0n) is 13.8. The summed E-state index contributed by atoms with van der Waals surface area (Å²) in [5.41, 5.74) is -0.0531. The topological polar surface area (TPSA) is 49.8 Å². The average Bonchev–Trinajstić information content (AvgIpc) is 2.98. The summed E-state index contributed by atoms with van der Waals surface area (Å²) in [6, 6.07) is 7.94. The van der Waals surface area contributed by atoms with Crippen LogP contribution in [-0.2, 0) is 0 Å². The lowest BCUT2D eigenvalue weighted by atomic mass is 9.77. The molecule has 0 radical (unpaired) electrons. The Morgan fingerprint density at radius 2 is 2.04 bits per heavy atom. The number of likely N-dealkylation sites (tertiary alicyclic amines) is 1. The van der Waals surface area contributed by atoms with Crippen molar-refractivity contribution in [3.63, 3.8) is 0 Å². The van der Waals surface area contributed by atoms with Crippen LogP contribution in [0.25, 0.3) is 0 Å². The molecule has 1 N–H and O–H groups in total. The van der Waals surface area contributed by atoms with Crippen molar-refractivity contribution in [3.8, 4) is 5.75 Å². The van der Waals surface area contributed by atoms with Gasteiger partial charge in [-0.3, -0.25) is 0 Å². The van der Waals surface area contributed by atoms with Crippen LogP contribution in [-0.4, -0.2) is 34.8 Å². The number of hydrogen-bond donors (Lipinski definition) is 1. The van der Waals surface area contributed by atoms with Crippen LogP contribution < -0.4 is 4.74 Å². The van der Waals surface area contributed by atoms with Crippen molar-refractivity contribution < 1.29 is 14.6 Å². The SMILES string of the molecule is CC(C)(C)C1[C@H]2CC[C@@H](Oc3cccc(Br)c3)[C@H]2CN1C(=O)O. The van der Waals surface area contributed by atoms with Crippen molar-refractivity contribution in [2.24, 2.45) is 17.3 Å². The lowest BCUT2D eigenvalue weighted by molar-refractivity contribution is 0.0893. The molecule has 0 aromatic heterocycles. The van der Waals surface area contributed by atoms with Gasteiger partial charge in [0.15, 0.2) is 0 Å². The lowest BCUT2D eigenvalue weighted by Gasteiger charge is -2.36. The molecule has 4 nitrogen and oxygen atoms in total. The smallest absolute Gasteiger partial charge is 0.407 e. The maximum absolute atomic E-state index is 11.7. The third-order valence-corrected chi connectivity index (χ3v) is 5.67. The summed E-state index contributed by atoms with van der Waals surface area (Å²) in [5, 5.41) is 9.59. The summed E-state index contributed by atoms with van der Waals surface area (Å²) in [4.78, 5) is 13.3. The largest absolute Gasteiger partial charge is 0.490 e. The molecule has 1 saturated carbocycles. The number of fused-ring (bicyclic) bond motifs is 1. The molecule has 1 aromatic rings. The van der Waals surface area contributed by atoms with E-state index in [1.54, 1.807) is 4.90 Å². The number of hydrogen-bond acceptors (Lipinski definition) is 2. The van der Waals surface area contributed by atoms with Crippen LogP contribution in [0, 0.1) is 17.3 Å². The van der Waals surface area contributed by atoms with Gasteiger partial charge in [0.25, 0.3) is 0 Å². The molecule has 126 valence electrons. The molecule has 2 fully saturated rings. The second-order valence-corrected chi connectivity index (χ2v) is 8.68. The normalized spacial score (nSPS) is 30.3. The summed E-state index contributed by atoms with van der Waals surface area (Å²) in [5.74, 6) is 1.53. The van der Waals surface area contributed by atoms with E-state index in [0.29, 0.717) is 12.5 Å². The van der Waals surface area contributed by atoms with E-state index in [0.717, 1.165) is 23.1 Å². The van der Waals surface area contributed by atoms with Crippen LogP contribution in [0.3, 0.4) is 0 Å². The first-order chi connectivity index (χ1) is 10.8. The molecule has 3 rings (SSSR count). The Kier molecular flexibility index (Phi) is 4.34. The minimum absolute atomic E-state index is 0.0531. The van der Waals surface area contributed by atoms with Crippen molar-refractivity contribution in [2.75, 3.05) is 6.54 Å². The maximum Gasteiger partial charge on any atom is 0.407 e. The predicted octanol–water partition coefficient (Wildman–Crippen LogP) is 4.63. The van der Waals surface area contributed by atoms with Gasteiger partial charge in [-0.1, -0.05) is 42.8 Å². The van der Waals surface area contributed by atoms with Crippen molar-refractivity contribution in [1.29, 1.82) is 0 Å².